The largest absolute Gasteiger partial charge is 0.481 e. The molecule has 0 atom stereocenters. The average molecular weight is 977 g/mol. The van der Waals surface area contributed by atoms with Crippen LogP contribution in [0.15, 0.2) is 24.3 Å². The number of esters is 2. The van der Waals surface area contributed by atoms with Gasteiger partial charge >= 0.3 is 17.9 Å². The van der Waals surface area contributed by atoms with Crippen LogP contribution in [0.2, 0.25) is 0 Å². The van der Waals surface area contributed by atoms with Crippen LogP contribution in [-0.4, -0.2) is 148 Å². The second kappa shape index (κ2) is 32.8. The molecule has 6 N–H and O–H groups in total. The summed E-state index contributed by atoms with van der Waals surface area (Å²) in [7, 11) is 0. The number of hydrogen-bond acceptors (Lipinski definition) is 17. The first-order valence-electron chi connectivity index (χ1n) is 22.4. The van der Waals surface area contributed by atoms with Crippen LogP contribution in [0.1, 0.15) is 131 Å². The number of nitrogens with zero attached hydrogens (tertiary/aromatic N) is 2. The summed E-state index contributed by atoms with van der Waals surface area (Å²) in [6.07, 6.45) is 6.49. The number of nitrogens with two attached hydrogens (primary N) is 1. The topological polar surface area (TPSA) is 346 Å². The third-order valence-electron chi connectivity index (χ3n) is 8.81. The number of carboxylic acid groups (broad SMARTS) is 1. The van der Waals surface area contributed by atoms with E-state index in [1.54, 1.807) is 41.5 Å². The highest BCUT2D eigenvalue weighted by Crippen LogP contribution is 2.12. The Morgan fingerprint density at radius 2 is 0.783 bits per heavy atom. The predicted molar refractivity (Wildman–Crippen MR) is 244 cm³/mol. The normalized spacial score (nSPS) is 12.9. The fourth-order valence-corrected chi connectivity index (χ4v) is 5.46. The highest BCUT2D eigenvalue weighted by molar-refractivity contribution is 6.13. The van der Waals surface area contributed by atoms with Crippen LogP contribution in [0.25, 0.3) is 0 Å². The highest BCUT2D eigenvalue weighted by atomic mass is 16.6. The first-order valence-corrected chi connectivity index (χ1v) is 22.4. The highest BCUT2D eigenvalue weighted by Gasteiger charge is 2.24. The van der Waals surface area contributed by atoms with E-state index >= 15 is 0 Å². The van der Waals surface area contributed by atoms with Crippen LogP contribution in [0.3, 0.4) is 0 Å². The number of hydrogen-bond donors (Lipinski definition) is 5. The maximum absolute atomic E-state index is 11.9. The van der Waals surface area contributed by atoms with Gasteiger partial charge in [0.05, 0.1) is 26.2 Å². The summed E-state index contributed by atoms with van der Waals surface area (Å²) in [6, 6.07) is 0. The fourth-order valence-electron chi connectivity index (χ4n) is 5.46. The lowest BCUT2D eigenvalue weighted by Gasteiger charge is -2.19. The number of carboxylic acids is 1. The SMILES string of the molecule is CC(C)(C)OC(=O)CCCC(=O)CNC(=O)CCC(=O)CN.CC(C)(C)OC(=O)CCCC(=O)CNC(=O)CCC(=O)CNC(=O)CCCN1C(=O)C=CC1=O.O=C(O)CCCN1C(=O)C=CC1=O. The van der Waals surface area contributed by atoms with Gasteiger partial charge in [-0.05, 0) is 67.2 Å². The third kappa shape index (κ3) is 33.4. The number of carbonyl (C=O) groups is 14. The number of Topliss-reactive ketones (excluding diaryl/α,β-unsaturated/α-hetero) is 4. The van der Waals surface area contributed by atoms with Gasteiger partial charge in [-0.2, -0.15) is 0 Å². The van der Waals surface area contributed by atoms with Gasteiger partial charge in [-0.3, -0.25) is 76.9 Å². The van der Waals surface area contributed by atoms with Gasteiger partial charge < -0.3 is 36.3 Å². The van der Waals surface area contributed by atoms with Crippen LogP contribution < -0.4 is 21.7 Å². The Morgan fingerprint density at radius 3 is 1.12 bits per heavy atom. The van der Waals surface area contributed by atoms with E-state index in [0.29, 0.717) is 19.3 Å². The summed E-state index contributed by atoms with van der Waals surface area (Å²) in [5.41, 5.74) is 4.01. The molecule has 0 aliphatic carbocycles. The zero-order valence-electron chi connectivity index (χ0n) is 40.4. The molecule has 0 saturated heterocycles. The van der Waals surface area contributed by atoms with Gasteiger partial charge in [0.25, 0.3) is 23.6 Å². The molecule has 69 heavy (non-hydrogen) atoms. The van der Waals surface area contributed by atoms with E-state index in [0.717, 1.165) is 9.80 Å². The Balaban J connectivity index is 0.00000112. The lowest BCUT2D eigenvalue weighted by atomic mass is 10.1. The van der Waals surface area contributed by atoms with Crippen molar-refractivity contribution in [2.75, 3.05) is 39.3 Å². The number of carbonyl (C=O) groups excluding carboxylic acids is 13. The molecule has 0 aromatic carbocycles. The lowest BCUT2D eigenvalue weighted by Crippen LogP contribution is -2.34. The lowest BCUT2D eigenvalue weighted by molar-refractivity contribution is -0.156. The molecule has 0 radical (unpaired) electrons. The minimum atomic E-state index is -0.924. The summed E-state index contributed by atoms with van der Waals surface area (Å²) in [6.45, 7) is 10.3. The molecule has 0 spiro atoms. The van der Waals surface area contributed by atoms with Gasteiger partial charge in [0, 0.05) is 102 Å². The van der Waals surface area contributed by atoms with Gasteiger partial charge in [0.15, 0.2) is 17.3 Å². The van der Waals surface area contributed by atoms with Gasteiger partial charge in [0.2, 0.25) is 17.7 Å². The molecule has 0 unspecified atom stereocenters. The summed E-state index contributed by atoms with van der Waals surface area (Å²) >= 11 is 0. The molecule has 0 bridgehead atoms. The second-order valence-corrected chi connectivity index (χ2v) is 17.5. The van der Waals surface area contributed by atoms with Gasteiger partial charge in [-0.25, -0.2) is 0 Å². The van der Waals surface area contributed by atoms with Crippen molar-refractivity contribution in [1.82, 2.24) is 25.8 Å². The van der Waals surface area contributed by atoms with Gasteiger partial charge in [-0.1, -0.05) is 0 Å². The van der Waals surface area contributed by atoms with E-state index < -0.39 is 40.8 Å². The Hall–Kier alpha value is -6.78. The average Bonchev–Trinajstić information content (AvgIpc) is 3.75. The molecule has 2 aliphatic heterocycles. The standard InChI is InChI=1S/C23H33N3O8.C15H26N2O5.C8H9NO4/c1-23(2,3)34-22(33)8-4-6-16(27)14-25-19(30)10-9-17(28)15-24-18(29)7-5-13-26-20(31)11-12-21(26)32;1-15(2,3)22-14(21)6-4-5-12(19)10-17-13(20)8-7-11(18)9-16;10-6-3-4-7(11)9(6)5-1-2-8(12)13/h11-12H,4-10,13-15H2,1-3H3,(H,24,29)(H,25,30);4-10,16H2,1-3H3,(H,17,20);3-4H,1-2,5H2,(H,12,13). The van der Waals surface area contributed by atoms with Gasteiger partial charge in [-0.15, -0.1) is 0 Å². The molecular formula is C46H68N6O17. The van der Waals surface area contributed by atoms with Crippen molar-refractivity contribution in [3.05, 3.63) is 24.3 Å². The second-order valence-electron chi connectivity index (χ2n) is 17.5. The molecule has 0 aromatic rings. The minimum Gasteiger partial charge on any atom is -0.481 e. The summed E-state index contributed by atoms with van der Waals surface area (Å²) in [5, 5.41) is 15.6. The number of rotatable bonds is 29. The maximum atomic E-state index is 11.9. The van der Waals surface area contributed by atoms with Crippen molar-refractivity contribution in [3.8, 4) is 0 Å². The Labute approximate surface area is 401 Å². The quantitative estimate of drug-likeness (QED) is 0.0507. The maximum Gasteiger partial charge on any atom is 0.306 e. The molecule has 23 heteroatoms. The van der Waals surface area contributed by atoms with Crippen molar-refractivity contribution in [2.24, 2.45) is 5.73 Å². The van der Waals surface area contributed by atoms with Crippen molar-refractivity contribution in [3.63, 3.8) is 0 Å². The van der Waals surface area contributed by atoms with Crippen LogP contribution >= 0.6 is 0 Å². The van der Waals surface area contributed by atoms with Crippen molar-refractivity contribution in [2.45, 2.75) is 143 Å². The smallest absolute Gasteiger partial charge is 0.306 e. The zero-order chi connectivity index (χ0) is 52.7. The van der Waals surface area contributed by atoms with Crippen LogP contribution in [0, 0.1) is 0 Å². The molecule has 7 amide bonds. The Morgan fingerprint density at radius 1 is 0.464 bits per heavy atom. The number of aliphatic carboxylic acids is 1. The van der Waals surface area contributed by atoms with E-state index in [1.807, 2.05) is 0 Å². The Bertz CT molecular complexity index is 1910. The summed E-state index contributed by atoms with van der Waals surface area (Å²) in [4.78, 5) is 161. The number of nitrogens with one attached hydrogen (secondary N) is 3. The molecular weight excluding hydrogens is 909 g/mol. The van der Waals surface area contributed by atoms with Crippen molar-refractivity contribution < 1.29 is 81.7 Å². The Kier molecular flexibility index (Phi) is 29.6. The van der Waals surface area contributed by atoms with Crippen LogP contribution in [-0.2, 0) is 76.6 Å². The number of amides is 7. The molecule has 23 nitrogen and oxygen atoms in total. The third-order valence-corrected chi connectivity index (χ3v) is 8.81. The molecule has 0 aromatic heterocycles. The van der Waals surface area contributed by atoms with E-state index in [9.17, 15) is 67.1 Å². The molecule has 384 valence electrons. The summed E-state index contributed by atoms with van der Waals surface area (Å²) in [5.74, 6) is -5.38. The molecule has 2 heterocycles. The van der Waals surface area contributed by atoms with Crippen molar-refractivity contribution >= 4 is 82.4 Å². The zero-order valence-corrected chi connectivity index (χ0v) is 40.4. The molecule has 0 saturated carbocycles. The summed E-state index contributed by atoms with van der Waals surface area (Å²) < 4.78 is 10.3. The van der Waals surface area contributed by atoms with E-state index in [4.69, 9.17) is 20.3 Å². The van der Waals surface area contributed by atoms with E-state index in [2.05, 4.69) is 16.0 Å². The van der Waals surface area contributed by atoms with Crippen LogP contribution in [0.5, 0.6) is 0 Å². The van der Waals surface area contributed by atoms with Crippen LogP contribution in [0.4, 0.5) is 0 Å². The molecule has 2 rings (SSSR count). The number of ether oxygens (including phenoxy) is 2. The van der Waals surface area contributed by atoms with Gasteiger partial charge in [0.1, 0.15) is 17.0 Å². The minimum absolute atomic E-state index is 0.0290. The van der Waals surface area contributed by atoms with Crippen molar-refractivity contribution in [1.29, 1.82) is 0 Å². The van der Waals surface area contributed by atoms with E-state index in [1.165, 1.54) is 24.3 Å². The first-order chi connectivity index (χ1) is 32.1. The molecule has 2 aliphatic rings. The predicted octanol–water partition coefficient (Wildman–Crippen LogP) is 0.622. The number of ketones is 4. The fraction of sp³-hybridized carbons (Fsp3) is 0.609. The number of imide groups is 2. The first kappa shape index (κ1) is 62.2. The van der Waals surface area contributed by atoms with E-state index in [-0.39, 0.29) is 163 Å². The molecule has 0 fully saturated rings. The monoisotopic (exact) mass is 976 g/mol.